The van der Waals surface area contributed by atoms with Gasteiger partial charge in [0.15, 0.2) is 0 Å². The fourth-order valence-corrected chi connectivity index (χ4v) is 2.02. The van der Waals surface area contributed by atoms with E-state index < -0.39 is 5.60 Å². The van der Waals surface area contributed by atoms with Gasteiger partial charge in [0.1, 0.15) is 11.4 Å². The summed E-state index contributed by atoms with van der Waals surface area (Å²) in [6.45, 7) is 0.271. The highest BCUT2D eigenvalue weighted by Crippen LogP contribution is 2.37. The van der Waals surface area contributed by atoms with E-state index in [0.29, 0.717) is 6.42 Å². The van der Waals surface area contributed by atoms with Crippen molar-refractivity contribution in [1.82, 2.24) is 0 Å². The molecule has 1 atom stereocenters. The zero-order chi connectivity index (χ0) is 10.2. The van der Waals surface area contributed by atoms with Crippen LogP contribution in [0.15, 0.2) is 18.2 Å². The lowest BCUT2D eigenvalue weighted by Gasteiger charge is -2.21. The molecule has 2 rings (SSSR count). The first kappa shape index (κ1) is 9.49. The Labute approximate surface area is 83.5 Å². The van der Waals surface area contributed by atoms with Gasteiger partial charge in [-0.2, -0.15) is 0 Å². The number of methoxy groups -OCH3 is 1. The van der Waals surface area contributed by atoms with Crippen molar-refractivity contribution >= 4 is 0 Å². The summed E-state index contributed by atoms with van der Waals surface area (Å²) in [5.41, 5.74) is 6.85. The summed E-state index contributed by atoms with van der Waals surface area (Å²) in [6, 6.07) is 5.80. The van der Waals surface area contributed by atoms with E-state index in [0.717, 1.165) is 17.7 Å². The predicted octanol–water partition coefficient (Wildman–Crippen LogP) is 0.788. The van der Waals surface area contributed by atoms with Gasteiger partial charge in [-0.15, -0.1) is 0 Å². The molecular weight excluding hydrogens is 178 g/mol. The Balaban J connectivity index is 2.47. The zero-order valence-electron chi connectivity index (χ0n) is 8.29. The second kappa shape index (κ2) is 3.26. The van der Waals surface area contributed by atoms with Crippen LogP contribution in [0.4, 0.5) is 0 Å². The van der Waals surface area contributed by atoms with E-state index in [1.54, 1.807) is 7.11 Å². The number of aliphatic hydroxyl groups is 1. The number of fused-ring (bicyclic) bond motifs is 1. The van der Waals surface area contributed by atoms with Crippen molar-refractivity contribution in [2.24, 2.45) is 5.73 Å². The number of benzene rings is 1. The van der Waals surface area contributed by atoms with Crippen molar-refractivity contribution in [3.63, 3.8) is 0 Å². The molecule has 0 fully saturated rings. The Hall–Kier alpha value is -1.06. The number of hydrogen-bond donors (Lipinski definition) is 2. The normalized spacial score (nSPS) is 24.8. The van der Waals surface area contributed by atoms with Crippen LogP contribution >= 0.6 is 0 Å². The molecule has 0 radical (unpaired) electrons. The van der Waals surface area contributed by atoms with Gasteiger partial charge in [0.05, 0.1) is 7.11 Å². The lowest BCUT2D eigenvalue weighted by molar-refractivity contribution is 0.0479. The monoisotopic (exact) mass is 193 g/mol. The minimum atomic E-state index is -0.843. The lowest BCUT2D eigenvalue weighted by atomic mass is 9.96. The fourth-order valence-electron chi connectivity index (χ4n) is 2.02. The number of nitrogens with two attached hydrogens (primary N) is 1. The maximum absolute atomic E-state index is 10.2. The van der Waals surface area contributed by atoms with Crippen LogP contribution in [-0.4, -0.2) is 18.8 Å². The molecule has 0 heterocycles. The Bertz CT molecular complexity index is 351. The highest BCUT2D eigenvalue weighted by Gasteiger charge is 2.35. The highest BCUT2D eigenvalue weighted by atomic mass is 16.5. The van der Waals surface area contributed by atoms with E-state index in [2.05, 4.69) is 0 Å². The van der Waals surface area contributed by atoms with Crippen LogP contribution in [0.1, 0.15) is 17.5 Å². The van der Waals surface area contributed by atoms with Gasteiger partial charge in [0.2, 0.25) is 0 Å². The maximum Gasteiger partial charge on any atom is 0.119 e. The number of aryl methyl sites for hydroxylation is 1. The largest absolute Gasteiger partial charge is 0.497 e. The summed E-state index contributed by atoms with van der Waals surface area (Å²) >= 11 is 0. The third-order valence-corrected chi connectivity index (χ3v) is 2.96. The Morgan fingerprint density at radius 3 is 3.00 bits per heavy atom. The van der Waals surface area contributed by atoms with Crippen molar-refractivity contribution in [1.29, 1.82) is 0 Å². The zero-order valence-corrected chi connectivity index (χ0v) is 8.29. The van der Waals surface area contributed by atoms with E-state index in [4.69, 9.17) is 10.5 Å². The minimum Gasteiger partial charge on any atom is -0.497 e. The van der Waals surface area contributed by atoms with Crippen molar-refractivity contribution in [3.05, 3.63) is 29.3 Å². The molecule has 14 heavy (non-hydrogen) atoms. The van der Waals surface area contributed by atoms with Gasteiger partial charge >= 0.3 is 0 Å². The smallest absolute Gasteiger partial charge is 0.119 e. The second-order valence-electron chi connectivity index (χ2n) is 3.76. The Morgan fingerprint density at radius 2 is 2.36 bits per heavy atom. The summed E-state index contributed by atoms with van der Waals surface area (Å²) in [5.74, 6) is 0.775. The van der Waals surface area contributed by atoms with Crippen molar-refractivity contribution in [2.75, 3.05) is 13.7 Å². The molecule has 3 nitrogen and oxygen atoms in total. The minimum absolute atomic E-state index is 0.271. The van der Waals surface area contributed by atoms with E-state index in [-0.39, 0.29) is 6.54 Å². The molecule has 1 aliphatic rings. The van der Waals surface area contributed by atoms with Crippen LogP contribution in [0.2, 0.25) is 0 Å². The standard InChI is InChI=1S/C11H15NO2/c1-14-9-3-2-8-4-5-11(13,7-12)10(8)6-9/h2-3,6,13H,4-5,7,12H2,1H3. The molecule has 3 N–H and O–H groups in total. The molecule has 1 aliphatic carbocycles. The third kappa shape index (κ3) is 1.29. The SMILES string of the molecule is COc1ccc2c(c1)C(O)(CN)CC2. The molecule has 0 spiro atoms. The van der Waals surface area contributed by atoms with Gasteiger partial charge in [-0.1, -0.05) is 6.07 Å². The van der Waals surface area contributed by atoms with E-state index in [1.807, 2.05) is 18.2 Å². The van der Waals surface area contributed by atoms with Gasteiger partial charge in [0, 0.05) is 6.54 Å². The van der Waals surface area contributed by atoms with Crippen LogP contribution < -0.4 is 10.5 Å². The first-order valence-electron chi connectivity index (χ1n) is 4.79. The molecule has 3 heteroatoms. The predicted molar refractivity (Wildman–Crippen MR) is 54.3 cm³/mol. The van der Waals surface area contributed by atoms with Gasteiger partial charge in [-0.25, -0.2) is 0 Å². The summed E-state index contributed by atoms with van der Waals surface area (Å²) < 4.78 is 5.13. The quantitative estimate of drug-likeness (QED) is 0.730. The van der Waals surface area contributed by atoms with E-state index in [9.17, 15) is 5.11 Å². The average molecular weight is 193 g/mol. The third-order valence-electron chi connectivity index (χ3n) is 2.96. The molecule has 0 saturated carbocycles. The molecule has 0 bridgehead atoms. The second-order valence-corrected chi connectivity index (χ2v) is 3.76. The molecule has 1 aromatic carbocycles. The number of rotatable bonds is 2. The van der Waals surface area contributed by atoms with Gasteiger partial charge < -0.3 is 15.6 Å². The van der Waals surface area contributed by atoms with Crippen LogP contribution in [0.25, 0.3) is 0 Å². The molecule has 1 unspecified atom stereocenters. The summed E-state index contributed by atoms with van der Waals surface area (Å²) in [4.78, 5) is 0. The van der Waals surface area contributed by atoms with Crippen LogP contribution in [-0.2, 0) is 12.0 Å². The van der Waals surface area contributed by atoms with Gasteiger partial charge in [-0.05, 0) is 36.1 Å². The summed E-state index contributed by atoms with van der Waals surface area (Å²) in [7, 11) is 1.62. The molecule has 0 amide bonds. The number of hydrogen-bond acceptors (Lipinski definition) is 3. The molecular formula is C11H15NO2. The first-order valence-corrected chi connectivity index (χ1v) is 4.79. The molecule has 76 valence electrons. The fraction of sp³-hybridized carbons (Fsp3) is 0.455. The first-order chi connectivity index (χ1) is 6.69. The van der Waals surface area contributed by atoms with Gasteiger partial charge in [0.25, 0.3) is 0 Å². The Kier molecular flexibility index (Phi) is 2.21. The van der Waals surface area contributed by atoms with Gasteiger partial charge in [-0.3, -0.25) is 0 Å². The van der Waals surface area contributed by atoms with Crippen molar-refractivity contribution in [2.45, 2.75) is 18.4 Å². The van der Waals surface area contributed by atoms with E-state index in [1.165, 1.54) is 5.56 Å². The topological polar surface area (TPSA) is 55.5 Å². The van der Waals surface area contributed by atoms with Crippen LogP contribution in [0.5, 0.6) is 5.75 Å². The molecule has 0 aliphatic heterocycles. The summed E-state index contributed by atoms with van der Waals surface area (Å²) in [6.07, 6.45) is 1.61. The molecule has 1 aromatic rings. The Morgan fingerprint density at radius 1 is 1.57 bits per heavy atom. The molecule has 0 aromatic heterocycles. The van der Waals surface area contributed by atoms with Crippen molar-refractivity contribution < 1.29 is 9.84 Å². The number of ether oxygens (including phenoxy) is 1. The summed E-state index contributed by atoms with van der Waals surface area (Å²) in [5, 5.41) is 10.2. The van der Waals surface area contributed by atoms with Crippen LogP contribution in [0, 0.1) is 0 Å². The van der Waals surface area contributed by atoms with E-state index >= 15 is 0 Å². The lowest BCUT2D eigenvalue weighted by Crippen LogP contribution is -2.32. The average Bonchev–Trinajstić information content (AvgIpc) is 2.57. The highest BCUT2D eigenvalue weighted by molar-refractivity contribution is 5.42. The van der Waals surface area contributed by atoms with Crippen molar-refractivity contribution in [3.8, 4) is 5.75 Å². The maximum atomic E-state index is 10.2. The van der Waals surface area contributed by atoms with Crippen LogP contribution in [0.3, 0.4) is 0 Å². The molecule has 0 saturated heterocycles.